The van der Waals surface area contributed by atoms with Gasteiger partial charge < -0.3 is 15.7 Å². The zero-order valence-electron chi connectivity index (χ0n) is 10.4. The number of aliphatic carboxylic acids is 1. The Morgan fingerprint density at radius 3 is 2.33 bits per heavy atom. The molecule has 1 amide bonds. The molecule has 0 saturated heterocycles. The minimum absolute atomic E-state index is 0.261. The van der Waals surface area contributed by atoms with Crippen LogP contribution in [0.3, 0.4) is 0 Å². The summed E-state index contributed by atoms with van der Waals surface area (Å²) >= 11 is 0. The number of carboxylic acid groups (broad SMARTS) is 1. The summed E-state index contributed by atoms with van der Waals surface area (Å²) in [5.74, 6) is -1.27. The molecule has 0 aromatic heterocycles. The molecule has 0 aliphatic carbocycles. The molecule has 5 nitrogen and oxygen atoms in total. The largest absolute Gasteiger partial charge is 0.480 e. The van der Waals surface area contributed by atoms with Crippen molar-refractivity contribution >= 4 is 11.9 Å². The molecule has 1 aromatic rings. The fraction of sp³-hybridized carbons (Fsp3) is 0.385. The fourth-order valence-electron chi connectivity index (χ4n) is 1.65. The third-order valence-corrected chi connectivity index (χ3v) is 2.54. The van der Waals surface area contributed by atoms with Crippen molar-refractivity contribution in [3.05, 3.63) is 35.4 Å². The number of amides is 1. The smallest absolute Gasteiger partial charge is 0.323 e. The van der Waals surface area contributed by atoms with Crippen molar-refractivity contribution in [3.8, 4) is 0 Å². The minimum Gasteiger partial charge on any atom is -0.480 e. The van der Waals surface area contributed by atoms with Crippen LogP contribution in [-0.2, 0) is 11.3 Å². The van der Waals surface area contributed by atoms with Crippen LogP contribution in [0.5, 0.6) is 0 Å². The van der Waals surface area contributed by atoms with Crippen LogP contribution in [-0.4, -0.2) is 35.0 Å². The van der Waals surface area contributed by atoms with Crippen molar-refractivity contribution < 1.29 is 14.7 Å². The van der Waals surface area contributed by atoms with E-state index < -0.39 is 5.97 Å². The number of nitrogens with zero attached hydrogens (tertiary/aromatic N) is 1. The highest BCUT2D eigenvalue weighted by Gasteiger charge is 2.17. The van der Waals surface area contributed by atoms with Crippen LogP contribution in [0.15, 0.2) is 24.3 Å². The van der Waals surface area contributed by atoms with Gasteiger partial charge in [-0.3, -0.25) is 9.59 Å². The highest BCUT2D eigenvalue weighted by molar-refractivity contribution is 5.95. The van der Waals surface area contributed by atoms with Gasteiger partial charge in [-0.15, -0.1) is 0 Å². The van der Waals surface area contributed by atoms with Crippen molar-refractivity contribution in [3.63, 3.8) is 0 Å². The average molecular weight is 250 g/mol. The number of carbonyl (C=O) groups excluding carboxylic acids is 1. The minimum atomic E-state index is -1.00. The van der Waals surface area contributed by atoms with Gasteiger partial charge in [0.25, 0.3) is 5.91 Å². The van der Waals surface area contributed by atoms with Gasteiger partial charge in [0.2, 0.25) is 0 Å². The predicted molar refractivity (Wildman–Crippen MR) is 68.2 cm³/mol. The van der Waals surface area contributed by atoms with Gasteiger partial charge in [0, 0.05) is 18.7 Å². The van der Waals surface area contributed by atoms with Crippen LogP contribution >= 0.6 is 0 Å². The molecule has 18 heavy (non-hydrogen) atoms. The number of rotatable bonds is 6. The molecule has 0 atom stereocenters. The van der Waals surface area contributed by atoms with Gasteiger partial charge in [0.05, 0.1) is 0 Å². The molecule has 5 heteroatoms. The Balaban J connectivity index is 2.83. The van der Waals surface area contributed by atoms with Gasteiger partial charge in [-0.1, -0.05) is 19.1 Å². The first-order valence-electron chi connectivity index (χ1n) is 5.88. The zero-order valence-corrected chi connectivity index (χ0v) is 10.4. The fourth-order valence-corrected chi connectivity index (χ4v) is 1.65. The van der Waals surface area contributed by atoms with Crippen LogP contribution in [0.1, 0.15) is 29.3 Å². The third kappa shape index (κ3) is 3.85. The van der Waals surface area contributed by atoms with Crippen LogP contribution in [0.4, 0.5) is 0 Å². The Morgan fingerprint density at radius 2 is 1.89 bits per heavy atom. The van der Waals surface area contributed by atoms with Gasteiger partial charge in [0.15, 0.2) is 0 Å². The molecule has 0 spiro atoms. The monoisotopic (exact) mass is 250 g/mol. The van der Waals surface area contributed by atoms with Gasteiger partial charge >= 0.3 is 5.97 Å². The Morgan fingerprint density at radius 1 is 1.28 bits per heavy atom. The lowest BCUT2D eigenvalue weighted by molar-refractivity contribution is -0.137. The molecular formula is C13H18N2O3. The highest BCUT2D eigenvalue weighted by Crippen LogP contribution is 2.08. The first-order valence-corrected chi connectivity index (χ1v) is 5.88. The Bertz CT molecular complexity index is 415. The van der Waals surface area contributed by atoms with E-state index >= 15 is 0 Å². The summed E-state index contributed by atoms with van der Waals surface area (Å²) in [5, 5.41) is 8.78. The lowest BCUT2D eigenvalue weighted by atomic mass is 10.1. The van der Waals surface area contributed by atoms with Crippen molar-refractivity contribution in [2.75, 3.05) is 13.1 Å². The highest BCUT2D eigenvalue weighted by atomic mass is 16.4. The number of carbonyl (C=O) groups is 2. The second kappa shape index (κ2) is 6.76. The summed E-state index contributed by atoms with van der Waals surface area (Å²) in [6.07, 6.45) is 0.722. The van der Waals surface area contributed by atoms with E-state index in [1.807, 2.05) is 6.92 Å². The molecule has 1 aromatic carbocycles. The van der Waals surface area contributed by atoms with Gasteiger partial charge in [-0.2, -0.15) is 0 Å². The molecule has 0 radical (unpaired) electrons. The molecule has 0 aliphatic rings. The maximum absolute atomic E-state index is 12.1. The summed E-state index contributed by atoms with van der Waals surface area (Å²) in [7, 11) is 0. The maximum Gasteiger partial charge on any atom is 0.323 e. The Hall–Kier alpha value is -1.88. The standard InChI is InChI=1S/C13H18N2O3/c1-2-7-15(9-12(16)17)13(18)11-5-3-10(8-14)4-6-11/h3-6H,2,7-9,14H2,1H3,(H,16,17). The predicted octanol–water partition coefficient (Wildman–Crippen LogP) is 1.08. The van der Waals surface area contributed by atoms with Crippen molar-refractivity contribution in [1.82, 2.24) is 4.90 Å². The average Bonchev–Trinajstić information content (AvgIpc) is 2.37. The van der Waals surface area contributed by atoms with Crippen LogP contribution < -0.4 is 5.73 Å². The third-order valence-electron chi connectivity index (χ3n) is 2.54. The molecule has 0 unspecified atom stereocenters. The number of benzene rings is 1. The first kappa shape index (κ1) is 14.2. The molecule has 0 aliphatic heterocycles. The zero-order chi connectivity index (χ0) is 13.5. The summed E-state index contributed by atoms with van der Waals surface area (Å²) in [5.41, 5.74) is 6.90. The van der Waals surface area contributed by atoms with Gasteiger partial charge in [-0.25, -0.2) is 0 Å². The number of nitrogens with two attached hydrogens (primary N) is 1. The molecular weight excluding hydrogens is 232 g/mol. The Labute approximate surface area is 106 Å². The van der Waals surface area contributed by atoms with E-state index in [0.29, 0.717) is 18.7 Å². The van der Waals surface area contributed by atoms with Gasteiger partial charge in [0.1, 0.15) is 6.54 Å². The van der Waals surface area contributed by atoms with E-state index in [0.717, 1.165) is 12.0 Å². The molecule has 1 rings (SSSR count). The van der Waals surface area contributed by atoms with Crippen LogP contribution in [0.2, 0.25) is 0 Å². The van der Waals surface area contributed by atoms with Crippen molar-refractivity contribution in [1.29, 1.82) is 0 Å². The number of carboxylic acids is 1. The molecule has 98 valence electrons. The maximum atomic E-state index is 12.1. The molecule has 0 heterocycles. The van der Waals surface area contributed by atoms with E-state index in [-0.39, 0.29) is 12.5 Å². The van der Waals surface area contributed by atoms with Crippen molar-refractivity contribution in [2.45, 2.75) is 19.9 Å². The summed E-state index contributed by atoms with van der Waals surface area (Å²) in [4.78, 5) is 24.1. The summed E-state index contributed by atoms with van der Waals surface area (Å²) in [6.45, 7) is 2.48. The normalized spacial score (nSPS) is 10.1. The molecule has 0 saturated carbocycles. The van der Waals surface area contributed by atoms with Crippen molar-refractivity contribution in [2.24, 2.45) is 5.73 Å². The number of hydrogen-bond donors (Lipinski definition) is 2. The second-order valence-electron chi connectivity index (χ2n) is 4.02. The first-order chi connectivity index (χ1) is 8.58. The molecule has 3 N–H and O–H groups in total. The number of hydrogen-bond acceptors (Lipinski definition) is 3. The van der Waals surface area contributed by atoms with E-state index in [2.05, 4.69) is 0 Å². The van der Waals surface area contributed by atoms with Crippen LogP contribution in [0, 0.1) is 0 Å². The van der Waals surface area contributed by atoms with E-state index in [4.69, 9.17) is 10.8 Å². The topological polar surface area (TPSA) is 83.6 Å². The second-order valence-corrected chi connectivity index (χ2v) is 4.02. The summed E-state index contributed by atoms with van der Waals surface area (Å²) in [6, 6.07) is 6.90. The van der Waals surface area contributed by atoms with Crippen LogP contribution in [0.25, 0.3) is 0 Å². The molecule has 0 fully saturated rings. The van der Waals surface area contributed by atoms with E-state index in [1.165, 1.54) is 4.90 Å². The van der Waals surface area contributed by atoms with E-state index in [1.54, 1.807) is 24.3 Å². The molecule has 0 bridgehead atoms. The Kier molecular flexibility index (Phi) is 5.32. The lowest BCUT2D eigenvalue weighted by Gasteiger charge is -2.20. The quantitative estimate of drug-likeness (QED) is 0.791. The van der Waals surface area contributed by atoms with Gasteiger partial charge in [-0.05, 0) is 24.1 Å². The summed E-state index contributed by atoms with van der Waals surface area (Å²) < 4.78 is 0. The SMILES string of the molecule is CCCN(CC(=O)O)C(=O)c1ccc(CN)cc1. The van der Waals surface area contributed by atoms with E-state index in [9.17, 15) is 9.59 Å². The lowest BCUT2D eigenvalue weighted by Crippen LogP contribution is -2.36.